The van der Waals surface area contributed by atoms with E-state index < -0.39 is 41.8 Å². The van der Waals surface area contributed by atoms with Gasteiger partial charge in [-0.25, -0.2) is 4.79 Å². The lowest BCUT2D eigenvalue weighted by atomic mass is 10.0. The molecule has 43 heavy (non-hydrogen) atoms. The van der Waals surface area contributed by atoms with E-state index in [0.29, 0.717) is 19.4 Å². The molecule has 2 heterocycles. The Labute approximate surface area is 253 Å². The number of halogens is 1. The van der Waals surface area contributed by atoms with Gasteiger partial charge >= 0.3 is 5.97 Å². The molecule has 1 aromatic heterocycles. The monoisotopic (exact) mass is 609 g/mol. The van der Waals surface area contributed by atoms with Gasteiger partial charge in [-0.1, -0.05) is 24.3 Å². The van der Waals surface area contributed by atoms with Crippen LogP contribution in [0.2, 0.25) is 0 Å². The van der Waals surface area contributed by atoms with Crippen LogP contribution in [-0.2, 0) is 36.8 Å². The van der Waals surface area contributed by atoms with Gasteiger partial charge in [0.2, 0.25) is 23.7 Å². The normalized spacial score (nSPS) is 19.5. The van der Waals surface area contributed by atoms with Crippen molar-refractivity contribution in [2.75, 3.05) is 13.7 Å². The highest BCUT2D eigenvalue weighted by atomic mass is 35.5. The summed E-state index contributed by atoms with van der Waals surface area (Å²) >= 11 is 5.42. The Kier molecular flexibility index (Phi) is 10.6. The molecule has 1 aliphatic heterocycles. The average Bonchev–Trinajstić information content (AvgIpc) is 3.35. The quantitative estimate of drug-likeness (QED) is 0.0558. The number of nitrogens with one attached hydrogen (secondary N) is 7. The third-order valence-corrected chi connectivity index (χ3v) is 7.44. The number of guanidine groups is 1. The van der Waals surface area contributed by atoms with Crippen molar-refractivity contribution in [1.82, 2.24) is 31.1 Å². The van der Waals surface area contributed by atoms with Gasteiger partial charge in [0.1, 0.15) is 18.1 Å². The Morgan fingerprint density at radius 3 is 2.40 bits per heavy atom. The van der Waals surface area contributed by atoms with E-state index in [4.69, 9.17) is 21.9 Å². The van der Waals surface area contributed by atoms with Gasteiger partial charge in [0.25, 0.3) is 0 Å². The van der Waals surface area contributed by atoms with E-state index in [2.05, 4.69) is 37.2 Å². The summed E-state index contributed by atoms with van der Waals surface area (Å²) in [5.74, 6) is -2.24. The topological polar surface area (TPSA) is 177 Å². The molecule has 0 aliphatic carbocycles. The van der Waals surface area contributed by atoms with Gasteiger partial charge in [0, 0.05) is 53.5 Å². The SMILES string of the molecule is COC(=O)[C@@H]1CC=CCc2ccc3[nH]c4ccc(cc4c3c2)C[C@H](NC(C)=O)C(=O)N[C@@H](CCCNC(=N)NCl)C(=O)N1. The Morgan fingerprint density at radius 1 is 1.02 bits per heavy atom. The molecular formula is C30H36ClN7O5. The fourth-order valence-corrected chi connectivity index (χ4v) is 5.18. The highest BCUT2D eigenvalue weighted by Crippen LogP contribution is 2.28. The molecule has 2 aromatic carbocycles. The van der Waals surface area contributed by atoms with Gasteiger partial charge in [-0.05, 0) is 61.1 Å². The summed E-state index contributed by atoms with van der Waals surface area (Å²) in [6.07, 6.45) is 5.31. The number of H-pyrrole nitrogens is 1. The van der Waals surface area contributed by atoms with Crippen molar-refractivity contribution in [2.24, 2.45) is 0 Å². The molecule has 4 rings (SSSR count). The summed E-state index contributed by atoms with van der Waals surface area (Å²) in [7, 11) is 1.24. The number of allylic oxidation sites excluding steroid dienone is 1. The standard InChI is InChI=1S/C30H36ClN7O5/c1-17(39)34-26-16-19-10-12-23-21(15-19)20-14-18(9-11-22(20)35-23)6-3-4-7-25(29(42)43-2)37-27(40)24(36-28(26)41)8-5-13-33-30(32)38-31/h3-4,9-12,14-15,24-26,35H,5-8,13,16H2,1-2H3,(H,34,39)(H,36,41)(H,37,40)(H3,32,33,38)/t24-,25-,26-/m0/s1. The van der Waals surface area contributed by atoms with Gasteiger partial charge in [-0.3, -0.25) is 24.6 Å². The highest BCUT2D eigenvalue weighted by molar-refractivity contribution is 6.21. The van der Waals surface area contributed by atoms with Crippen LogP contribution in [0.1, 0.15) is 37.3 Å². The summed E-state index contributed by atoms with van der Waals surface area (Å²) in [6, 6.07) is 9.04. The first kappa shape index (κ1) is 31.4. The lowest BCUT2D eigenvalue weighted by molar-refractivity contribution is -0.145. The minimum absolute atomic E-state index is 0.106. The van der Waals surface area contributed by atoms with Crippen molar-refractivity contribution >= 4 is 63.2 Å². The highest BCUT2D eigenvalue weighted by Gasteiger charge is 2.29. The first-order valence-corrected chi connectivity index (χ1v) is 14.4. The number of esters is 1. The first-order chi connectivity index (χ1) is 20.7. The number of carbonyl (C=O) groups is 4. The van der Waals surface area contributed by atoms with Crippen molar-refractivity contribution in [1.29, 1.82) is 5.41 Å². The summed E-state index contributed by atoms with van der Waals surface area (Å²) in [5, 5.41) is 20.5. The van der Waals surface area contributed by atoms with Gasteiger partial charge in [-0.15, -0.1) is 0 Å². The number of aromatic amines is 1. The molecule has 12 nitrogen and oxygen atoms in total. The molecule has 7 N–H and O–H groups in total. The fraction of sp³-hybridized carbons (Fsp3) is 0.367. The van der Waals surface area contributed by atoms with Crippen LogP contribution in [0.5, 0.6) is 0 Å². The second kappa shape index (κ2) is 14.5. The number of hydrogen-bond donors (Lipinski definition) is 7. The van der Waals surface area contributed by atoms with Crippen LogP contribution in [0.4, 0.5) is 0 Å². The van der Waals surface area contributed by atoms with Crippen LogP contribution in [0.3, 0.4) is 0 Å². The van der Waals surface area contributed by atoms with Crippen LogP contribution in [-0.4, -0.2) is 66.4 Å². The third-order valence-electron chi connectivity index (χ3n) is 7.25. The maximum atomic E-state index is 13.6. The fourth-order valence-electron chi connectivity index (χ4n) is 5.11. The summed E-state index contributed by atoms with van der Waals surface area (Å²) < 4.78 is 4.92. The van der Waals surface area contributed by atoms with Gasteiger partial charge in [-0.2, -0.15) is 0 Å². The smallest absolute Gasteiger partial charge is 0.328 e. The molecular weight excluding hydrogens is 574 g/mol. The number of fused-ring (bicyclic) bond motifs is 2. The van der Waals surface area contributed by atoms with Gasteiger partial charge in [0.15, 0.2) is 0 Å². The van der Waals surface area contributed by atoms with Crippen LogP contribution in [0.15, 0.2) is 48.6 Å². The van der Waals surface area contributed by atoms with Gasteiger partial charge < -0.3 is 31.0 Å². The zero-order valence-corrected chi connectivity index (χ0v) is 24.8. The number of rotatable bonds is 6. The predicted molar refractivity (Wildman–Crippen MR) is 164 cm³/mol. The molecule has 0 radical (unpaired) electrons. The van der Waals surface area contributed by atoms with Crippen LogP contribution >= 0.6 is 11.8 Å². The number of amides is 3. The van der Waals surface area contributed by atoms with Crippen molar-refractivity contribution < 1.29 is 23.9 Å². The number of aromatic nitrogens is 1. The first-order valence-electron chi connectivity index (χ1n) is 14.0. The molecule has 0 saturated carbocycles. The van der Waals surface area contributed by atoms with Crippen molar-refractivity contribution in [3.8, 4) is 0 Å². The maximum Gasteiger partial charge on any atom is 0.328 e. The van der Waals surface area contributed by atoms with Gasteiger partial charge in [0.05, 0.1) is 7.11 Å². The van der Waals surface area contributed by atoms with E-state index in [0.717, 1.165) is 32.9 Å². The molecule has 0 saturated heterocycles. The molecule has 3 amide bonds. The Bertz CT molecular complexity index is 1550. The molecule has 3 aromatic rings. The molecule has 3 atom stereocenters. The zero-order valence-electron chi connectivity index (χ0n) is 24.0. The van der Waals surface area contributed by atoms with E-state index >= 15 is 0 Å². The molecule has 0 fully saturated rings. The summed E-state index contributed by atoms with van der Waals surface area (Å²) in [4.78, 5) is 57.3. The Morgan fingerprint density at radius 2 is 1.72 bits per heavy atom. The number of ether oxygens (including phenoxy) is 1. The number of hydrogen-bond acceptors (Lipinski definition) is 6. The maximum absolute atomic E-state index is 13.6. The lowest BCUT2D eigenvalue weighted by Crippen LogP contribution is -2.56. The molecule has 0 spiro atoms. The predicted octanol–water partition coefficient (Wildman–Crippen LogP) is 2.06. The lowest BCUT2D eigenvalue weighted by Gasteiger charge is -2.25. The number of benzene rings is 2. The Balaban J connectivity index is 1.70. The molecule has 0 unspecified atom stereocenters. The molecule has 1 aliphatic rings. The third kappa shape index (κ3) is 8.25. The largest absolute Gasteiger partial charge is 0.467 e. The van der Waals surface area contributed by atoms with Crippen molar-refractivity contribution in [2.45, 2.75) is 57.2 Å². The van der Waals surface area contributed by atoms with E-state index in [-0.39, 0.29) is 25.2 Å². The van der Waals surface area contributed by atoms with Crippen LogP contribution < -0.4 is 26.1 Å². The Hall–Kier alpha value is -4.58. The minimum atomic E-state index is -1.04. The van der Waals surface area contributed by atoms with Crippen LogP contribution in [0.25, 0.3) is 21.8 Å². The van der Waals surface area contributed by atoms with Crippen molar-refractivity contribution in [3.63, 3.8) is 0 Å². The molecule has 228 valence electrons. The summed E-state index contributed by atoms with van der Waals surface area (Å²) in [5.41, 5.74) is 3.83. The summed E-state index contributed by atoms with van der Waals surface area (Å²) in [6.45, 7) is 1.62. The zero-order chi connectivity index (χ0) is 30.9. The van der Waals surface area contributed by atoms with E-state index in [1.165, 1.54) is 14.0 Å². The number of methoxy groups -OCH3 is 1. The van der Waals surface area contributed by atoms with E-state index in [9.17, 15) is 19.2 Å². The van der Waals surface area contributed by atoms with E-state index in [1.807, 2.05) is 42.5 Å². The van der Waals surface area contributed by atoms with Crippen LogP contribution in [0, 0.1) is 5.41 Å². The van der Waals surface area contributed by atoms with E-state index in [1.54, 1.807) is 0 Å². The molecule has 4 bridgehead atoms. The minimum Gasteiger partial charge on any atom is -0.467 e. The second-order valence-corrected chi connectivity index (χ2v) is 10.6. The van der Waals surface area contributed by atoms with Crippen molar-refractivity contribution in [3.05, 3.63) is 59.7 Å². The second-order valence-electron chi connectivity index (χ2n) is 10.4. The molecule has 13 heteroatoms. The average molecular weight is 610 g/mol. The number of carbonyl (C=O) groups excluding carboxylic acids is 4.